The molecule has 2 rings (SSSR count). The minimum atomic E-state index is -0.951. The highest BCUT2D eigenvalue weighted by Gasteiger charge is 2.24. The number of ether oxygens (including phenoxy) is 3. The summed E-state index contributed by atoms with van der Waals surface area (Å²) in [5.41, 5.74) is -0.628. The van der Waals surface area contributed by atoms with E-state index in [4.69, 9.17) is 37.4 Å². The van der Waals surface area contributed by atoms with E-state index in [1.54, 1.807) is 24.3 Å². The first-order valence-electron chi connectivity index (χ1n) is 8.52. The highest BCUT2D eigenvalue weighted by Crippen LogP contribution is 2.29. The molecule has 6 nitrogen and oxygen atoms in total. The molecule has 0 saturated carbocycles. The number of benzene rings is 2. The second-order valence-electron chi connectivity index (χ2n) is 5.77. The fourth-order valence-corrected chi connectivity index (χ4v) is 2.69. The Morgan fingerprint density at radius 3 is 1.61 bits per heavy atom. The largest absolute Gasteiger partial charge is 0.465 e. The molecular weight excluding hydrogens is 407 g/mol. The van der Waals surface area contributed by atoms with E-state index in [1.165, 1.54) is 24.3 Å². The smallest absolute Gasteiger partial charge is 0.409 e. The van der Waals surface area contributed by atoms with Gasteiger partial charge in [0.15, 0.2) is 0 Å². The van der Waals surface area contributed by atoms with Crippen LogP contribution in [-0.2, 0) is 9.53 Å². The number of carbonyl (C=O) groups is 3. The Labute approximate surface area is 172 Å². The van der Waals surface area contributed by atoms with Crippen molar-refractivity contribution < 1.29 is 28.6 Å². The van der Waals surface area contributed by atoms with Gasteiger partial charge in [0, 0.05) is 23.2 Å². The van der Waals surface area contributed by atoms with Gasteiger partial charge in [-0.25, -0.2) is 9.59 Å². The third-order valence-corrected chi connectivity index (χ3v) is 3.96. The normalized spacial score (nSPS) is 10.4. The molecule has 2 aromatic carbocycles. The summed E-state index contributed by atoms with van der Waals surface area (Å²) in [5.74, 6) is -0.617. The van der Waals surface area contributed by atoms with Crippen molar-refractivity contribution in [2.75, 3.05) is 6.61 Å². The lowest BCUT2D eigenvalue weighted by Gasteiger charge is -2.17. The lowest BCUT2D eigenvalue weighted by Crippen LogP contribution is -2.18. The van der Waals surface area contributed by atoms with Crippen molar-refractivity contribution in [2.24, 2.45) is 0 Å². The molecule has 0 atom stereocenters. The Bertz CT molecular complexity index is 758. The predicted octanol–water partition coefficient (Wildman–Crippen LogP) is 5.64. The number of halogens is 2. The zero-order valence-electron chi connectivity index (χ0n) is 15.0. The van der Waals surface area contributed by atoms with Crippen LogP contribution in [0.4, 0.5) is 9.59 Å². The van der Waals surface area contributed by atoms with Gasteiger partial charge in [-0.2, -0.15) is 0 Å². The van der Waals surface area contributed by atoms with E-state index in [2.05, 4.69) is 0 Å². The average molecular weight is 425 g/mol. The maximum Gasteiger partial charge on any atom is 0.409 e. The summed E-state index contributed by atoms with van der Waals surface area (Å²) in [7, 11) is 0. The first-order valence-corrected chi connectivity index (χ1v) is 9.27. The lowest BCUT2D eigenvalue weighted by atomic mass is 9.91. The Balaban J connectivity index is 2.29. The molecule has 0 aliphatic heterocycles. The Morgan fingerprint density at radius 1 is 0.821 bits per heavy atom. The molecule has 0 bridgehead atoms. The fourth-order valence-electron chi connectivity index (χ4n) is 2.51. The van der Waals surface area contributed by atoms with Gasteiger partial charge in [-0.3, -0.25) is 4.79 Å². The molecule has 0 unspecified atom stereocenters. The highest BCUT2D eigenvalue weighted by molar-refractivity contribution is 6.61. The van der Waals surface area contributed by atoms with Crippen LogP contribution in [0, 0.1) is 0 Å². The summed E-state index contributed by atoms with van der Waals surface area (Å²) in [6, 6.07) is 12.7. The van der Waals surface area contributed by atoms with Gasteiger partial charge >= 0.3 is 16.8 Å². The van der Waals surface area contributed by atoms with Crippen molar-refractivity contribution in [3.63, 3.8) is 0 Å². The molecule has 0 amide bonds. The Morgan fingerprint density at radius 2 is 1.25 bits per heavy atom. The molecule has 148 valence electrons. The van der Waals surface area contributed by atoms with Gasteiger partial charge in [0.2, 0.25) is 0 Å². The summed E-state index contributed by atoms with van der Waals surface area (Å²) in [4.78, 5) is 34.4. The van der Waals surface area contributed by atoms with Gasteiger partial charge in [-0.05, 0) is 41.8 Å². The van der Waals surface area contributed by atoms with Crippen molar-refractivity contribution in [3.05, 3.63) is 59.7 Å². The molecule has 28 heavy (non-hydrogen) atoms. The van der Waals surface area contributed by atoms with Gasteiger partial charge in [-0.1, -0.05) is 37.6 Å². The van der Waals surface area contributed by atoms with Gasteiger partial charge < -0.3 is 14.2 Å². The van der Waals surface area contributed by atoms with E-state index >= 15 is 0 Å². The number of unbranched alkanes of at least 4 members (excludes halogenated alkanes) is 1. The summed E-state index contributed by atoms with van der Waals surface area (Å²) in [5, 5.41) is 0. The quantitative estimate of drug-likeness (QED) is 0.310. The maximum absolute atomic E-state index is 12.7. The van der Waals surface area contributed by atoms with Crippen molar-refractivity contribution in [1.29, 1.82) is 0 Å². The molecule has 0 saturated heterocycles. The third kappa shape index (κ3) is 6.55. The van der Waals surface area contributed by atoms with Crippen molar-refractivity contribution in [3.8, 4) is 11.5 Å². The molecule has 0 aromatic heterocycles. The summed E-state index contributed by atoms with van der Waals surface area (Å²) < 4.78 is 15.0. The second kappa shape index (κ2) is 10.7. The lowest BCUT2D eigenvalue weighted by molar-refractivity contribution is -0.144. The molecule has 0 fully saturated rings. The second-order valence-corrected chi connectivity index (χ2v) is 6.39. The van der Waals surface area contributed by atoms with Crippen LogP contribution >= 0.6 is 23.2 Å². The van der Waals surface area contributed by atoms with Crippen LogP contribution < -0.4 is 9.47 Å². The molecule has 0 aliphatic carbocycles. The first-order chi connectivity index (χ1) is 13.4. The molecule has 2 aromatic rings. The van der Waals surface area contributed by atoms with Gasteiger partial charge in [0.1, 0.15) is 17.4 Å². The van der Waals surface area contributed by atoms with E-state index in [0.29, 0.717) is 17.7 Å². The average Bonchev–Trinajstić information content (AvgIpc) is 2.64. The highest BCUT2D eigenvalue weighted by atomic mass is 35.5. The van der Waals surface area contributed by atoms with E-state index in [9.17, 15) is 14.4 Å². The number of rotatable bonds is 8. The SMILES string of the molecule is CCCCOC(=O)C(c1ccc(OC(=O)Cl)cc1)c1ccc(OC(=O)Cl)cc1. The van der Waals surface area contributed by atoms with Crippen LogP contribution in [0.2, 0.25) is 0 Å². The van der Waals surface area contributed by atoms with Crippen molar-refractivity contribution in [1.82, 2.24) is 0 Å². The topological polar surface area (TPSA) is 78.9 Å². The van der Waals surface area contributed by atoms with Crippen LogP contribution in [-0.4, -0.2) is 23.4 Å². The van der Waals surface area contributed by atoms with E-state index in [0.717, 1.165) is 12.8 Å². The zero-order valence-corrected chi connectivity index (χ0v) is 16.5. The standard InChI is InChI=1S/C20H18Cl2O6/c1-2-3-12-26-18(23)17(13-4-8-15(9-5-13)27-19(21)24)14-6-10-16(11-7-14)28-20(22)25/h4-11,17H,2-3,12H2,1H3. The Kier molecular flexibility index (Phi) is 8.29. The van der Waals surface area contributed by atoms with Crippen molar-refractivity contribution >= 4 is 40.0 Å². The summed E-state index contributed by atoms with van der Waals surface area (Å²) >= 11 is 10.4. The minimum absolute atomic E-state index is 0.256. The van der Waals surface area contributed by atoms with Crippen LogP contribution in [0.15, 0.2) is 48.5 Å². The molecule has 0 spiro atoms. The summed E-state index contributed by atoms with van der Waals surface area (Å²) in [6.45, 7) is 2.31. The molecule has 0 radical (unpaired) electrons. The van der Waals surface area contributed by atoms with E-state index in [-0.39, 0.29) is 11.5 Å². The maximum atomic E-state index is 12.7. The van der Waals surface area contributed by atoms with Crippen molar-refractivity contribution in [2.45, 2.75) is 25.7 Å². The Hall–Kier alpha value is -2.57. The van der Waals surface area contributed by atoms with Gasteiger partial charge in [0.25, 0.3) is 0 Å². The first kappa shape index (κ1) is 21.7. The number of hydrogen-bond acceptors (Lipinski definition) is 6. The number of carbonyl (C=O) groups excluding carboxylic acids is 3. The molecule has 0 heterocycles. The zero-order chi connectivity index (χ0) is 20.5. The van der Waals surface area contributed by atoms with Crippen LogP contribution in [0.5, 0.6) is 11.5 Å². The van der Waals surface area contributed by atoms with Crippen LogP contribution in [0.3, 0.4) is 0 Å². The number of hydrogen-bond donors (Lipinski definition) is 0. The van der Waals surface area contributed by atoms with Crippen LogP contribution in [0.1, 0.15) is 36.8 Å². The molecule has 0 aliphatic rings. The third-order valence-electron chi connectivity index (χ3n) is 3.80. The molecule has 8 heteroatoms. The minimum Gasteiger partial charge on any atom is -0.465 e. The molecule has 0 N–H and O–H groups in total. The van der Waals surface area contributed by atoms with Gasteiger partial charge in [-0.15, -0.1) is 0 Å². The predicted molar refractivity (Wildman–Crippen MR) is 104 cm³/mol. The molecular formula is C20H18Cl2O6. The fraction of sp³-hybridized carbons (Fsp3) is 0.250. The summed E-state index contributed by atoms with van der Waals surface area (Å²) in [6.07, 6.45) is 1.66. The number of esters is 1. The van der Waals surface area contributed by atoms with Gasteiger partial charge in [0.05, 0.1) is 6.61 Å². The monoisotopic (exact) mass is 424 g/mol. The van der Waals surface area contributed by atoms with E-state index in [1.807, 2.05) is 6.92 Å². The van der Waals surface area contributed by atoms with Crippen LogP contribution in [0.25, 0.3) is 0 Å². The van der Waals surface area contributed by atoms with E-state index < -0.39 is 22.7 Å².